The third-order valence-electron chi connectivity index (χ3n) is 3.50. The lowest BCUT2D eigenvalue weighted by molar-refractivity contribution is 0.0398. The van der Waals surface area contributed by atoms with Gasteiger partial charge in [0.15, 0.2) is 5.82 Å². The van der Waals surface area contributed by atoms with Crippen molar-refractivity contribution in [1.29, 1.82) is 0 Å². The molecule has 0 radical (unpaired) electrons. The zero-order valence-corrected chi connectivity index (χ0v) is 13.5. The average molecular weight is 335 g/mol. The van der Waals surface area contributed by atoms with E-state index in [-0.39, 0.29) is 0 Å². The minimum Gasteiger partial charge on any atom is -0.379 e. The molecular weight excluding hydrogens is 316 g/mol. The summed E-state index contributed by atoms with van der Waals surface area (Å²) < 4.78 is 5.33. The minimum atomic E-state index is 0.448. The first-order chi connectivity index (χ1) is 11.3. The van der Waals surface area contributed by atoms with E-state index in [1.807, 2.05) is 24.3 Å². The lowest BCUT2D eigenvalue weighted by Gasteiger charge is -2.26. The van der Waals surface area contributed by atoms with E-state index in [0.29, 0.717) is 16.8 Å². The van der Waals surface area contributed by atoms with Gasteiger partial charge in [-0.3, -0.25) is 4.90 Å². The zero-order valence-electron chi connectivity index (χ0n) is 12.7. The molecule has 2 N–H and O–H groups in total. The van der Waals surface area contributed by atoms with Gasteiger partial charge in [-0.25, -0.2) is 0 Å². The van der Waals surface area contributed by atoms with Crippen LogP contribution in [-0.4, -0.2) is 59.5 Å². The summed E-state index contributed by atoms with van der Waals surface area (Å²) in [5, 5.41) is 15.0. The van der Waals surface area contributed by atoms with Crippen molar-refractivity contribution in [2.45, 2.75) is 0 Å². The number of hydrogen-bond acceptors (Lipinski definition) is 7. The summed E-state index contributed by atoms with van der Waals surface area (Å²) in [4.78, 5) is 6.76. The Morgan fingerprint density at radius 1 is 1.17 bits per heavy atom. The maximum Gasteiger partial charge on any atom is 0.249 e. The number of aromatic nitrogens is 3. The van der Waals surface area contributed by atoms with Crippen molar-refractivity contribution in [2.75, 3.05) is 50.0 Å². The lowest BCUT2D eigenvalue weighted by atomic mass is 10.3. The van der Waals surface area contributed by atoms with E-state index in [4.69, 9.17) is 16.3 Å². The second-order valence-corrected chi connectivity index (χ2v) is 5.61. The van der Waals surface area contributed by atoms with Gasteiger partial charge in [0.1, 0.15) is 0 Å². The molecule has 0 amide bonds. The van der Waals surface area contributed by atoms with Crippen LogP contribution < -0.4 is 10.6 Å². The topological polar surface area (TPSA) is 75.2 Å². The highest BCUT2D eigenvalue weighted by atomic mass is 35.5. The third kappa shape index (κ3) is 5.02. The van der Waals surface area contributed by atoms with Crippen LogP contribution in [0.3, 0.4) is 0 Å². The fourth-order valence-corrected chi connectivity index (χ4v) is 2.40. The van der Waals surface area contributed by atoms with Crippen molar-refractivity contribution in [2.24, 2.45) is 0 Å². The zero-order chi connectivity index (χ0) is 15.9. The minimum absolute atomic E-state index is 0.448. The summed E-state index contributed by atoms with van der Waals surface area (Å²) in [6.07, 6.45) is 1.62. The Bertz CT molecular complexity index is 618. The van der Waals surface area contributed by atoms with E-state index in [2.05, 4.69) is 30.7 Å². The summed E-state index contributed by atoms with van der Waals surface area (Å²) in [6, 6.07) is 7.35. The number of halogens is 1. The van der Waals surface area contributed by atoms with Gasteiger partial charge < -0.3 is 15.4 Å². The molecule has 1 saturated heterocycles. The molecule has 0 aliphatic carbocycles. The van der Waals surface area contributed by atoms with E-state index in [0.717, 1.165) is 45.1 Å². The Balaban J connectivity index is 1.51. The van der Waals surface area contributed by atoms with Gasteiger partial charge in [-0.15, -0.1) is 5.10 Å². The van der Waals surface area contributed by atoms with Crippen LogP contribution in [0.25, 0.3) is 0 Å². The SMILES string of the molecule is Clc1ccc(Nc2nncc(NCCN3CCOCC3)n2)cc1. The van der Waals surface area contributed by atoms with Crippen molar-refractivity contribution < 1.29 is 4.74 Å². The predicted molar refractivity (Wildman–Crippen MR) is 90.3 cm³/mol. The normalized spacial score (nSPS) is 15.3. The van der Waals surface area contributed by atoms with Crippen molar-refractivity contribution in [3.63, 3.8) is 0 Å². The molecule has 122 valence electrons. The Morgan fingerprint density at radius 3 is 2.74 bits per heavy atom. The number of anilines is 3. The van der Waals surface area contributed by atoms with E-state index >= 15 is 0 Å². The molecule has 1 aromatic heterocycles. The predicted octanol–water partition coefficient (Wildman–Crippen LogP) is 2.01. The Morgan fingerprint density at radius 2 is 1.96 bits per heavy atom. The molecule has 0 bridgehead atoms. The van der Waals surface area contributed by atoms with Gasteiger partial charge in [-0.05, 0) is 24.3 Å². The first-order valence-corrected chi connectivity index (χ1v) is 7.94. The summed E-state index contributed by atoms with van der Waals surface area (Å²) in [6.45, 7) is 5.33. The molecule has 8 heteroatoms. The second-order valence-electron chi connectivity index (χ2n) is 5.18. The highest BCUT2D eigenvalue weighted by Gasteiger charge is 2.09. The van der Waals surface area contributed by atoms with Gasteiger partial charge >= 0.3 is 0 Å². The number of hydrogen-bond donors (Lipinski definition) is 2. The molecule has 0 spiro atoms. The largest absolute Gasteiger partial charge is 0.379 e. The quantitative estimate of drug-likeness (QED) is 0.837. The van der Waals surface area contributed by atoms with Gasteiger partial charge in [-0.2, -0.15) is 10.1 Å². The molecule has 1 fully saturated rings. The van der Waals surface area contributed by atoms with Crippen LogP contribution in [0, 0.1) is 0 Å². The van der Waals surface area contributed by atoms with Gasteiger partial charge in [-0.1, -0.05) is 11.6 Å². The van der Waals surface area contributed by atoms with Crippen molar-refractivity contribution >= 4 is 29.1 Å². The molecule has 2 aromatic rings. The fourth-order valence-electron chi connectivity index (χ4n) is 2.27. The second kappa shape index (κ2) is 8.05. The molecule has 1 aromatic carbocycles. The van der Waals surface area contributed by atoms with Crippen molar-refractivity contribution in [1.82, 2.24) is 20.1 Å². The van der Waals surface area contributed by atoms with E-state index in [1.54, 1.807) is 6.20 Å². The lowest BCUT2D eigenvalue weighted by Crippen LogP contribution is -2.39. The van der Waals surface area contributed by atoms with Crippen molar-refractivity contribution in [3.05, 3.63) is 35.5 Å². The smallest absolute Gasteiger partial charge is 0.249 e. The number of ether oxygens (including phenoxy) is 1. The first-order valence-electron chi connectivity index (χ1n) is 7.56. The third-order valence-corrected chi connectivity index (χ3v) is 3.75. The molecule has 23 heavy (non-hydrogen) atoms. The monoisotopic (exact) mass is 334 g/mol. The summed E-state index contributed by atoms with van der Waals surface area (Å²) >= 11 is 5.87. The Labute approximate surface area is 140 Å². The molecule has 1 aliphatic heterocycles. The molecule has 0 atom stereocenters. The maximum absolute atomic E-state index is 5.87. The van der Waals surface area contributed by atoms with Crippen LogP contribution in [-0.2, 0) is 4.74 Å². The highest BCUT2D eigenvalue weighted by molar-refractivity contribution is 6.30. The molecular formula is C15H19ClN6O. The number of nitrogens with zero attached hydrogens (tertiary/aromatic N) is 4. The van der Waals surface area contributed by atoms with Crippen LogP contribution in [0.4, 0.5) is 17.5 Å². The van der Waals surface area contributed by atoms with Gasteiger partial charge in [0.25, 0.3) is 0 Å². The van der Waals surface area contributed by atoms with E-state index in [9.17, 15) is 0 Å². The standard InChI is InChI=1S/C15H19ClN6O/c16-12-1-3-13(4-2-12)19-15-20-14(11-18-21-15)17-5-6-22-7-9-23-10-8-22/h1-4,11H,5-10H2,(H2,17,19,20,21). The summed E-state index contributed by atoms with van der Waals surface area (Å²) in [7, 11) is 0. The Kier molecular flexibility index (Phi) is 5.57. The van der Waals surface area contributed by atoms with Crippen LogP contribution >= 0.6 is 11.6 Å². The molecule has 2 heterocycles. The molecule has 1 aliphatic rings. The summed E-state index contributed by atoms with van der Waals surface area (Å²) in [5.41, 5.74) is 0.863. The average Bonchev–Trinajstić information content (AvgIpc) is 2.58. The number of rotatable bonds is 6. The summed E-state index contributed by atoms with van der Waals surface area (Å²) in [5.74, 6) is 1.15. The number of nitrogens with one attached hydrogen (secondary N) is 2. The Hall–Kier alpha value is -1.96. The maximum atomic E-state index is 5.87. The van der Waals surface area contributed by atoms with Crippen molar-refractivity contribution in [3.8, 4) is 0 Å². The highest BCUT2D eigenvalue weighted by Crippen LogP contribution is 2.16. The molecule has 7 nitrogen and oxygen atoms in total. The first kappa shape index (κ1) is 15.9. The number of morpholine rings is 1. The molecule has 0 unspecified atom stereocenters. The number of benzene rings is 1. The van der Waals surface area contributed by atoms with Gasteiger partial charge in [0, 0.05) is 36.9 Å². The van der Waals surface area contributed by atoms with Gasteiger partial charge in [0.2, 0.25) is 5.95 Å². The fraction of sp³-hybridized carbons (Fsp3) is 0.400. The molecule has 0 saturated carbocycles. The van der Waals surface area contributed by atoms with Gasteiger partial charge in [0.05, 0.1) is 19.4 Å². The van der Waals surface area contributed by atoms with Crippen LogP contribution in [0.2, 0.25) is 5.02 Å². The van der Waals surface area contributed by atoms with Crippen LogP contribution in [0.1, 0.15) is 0 Å². The van der Waals surface area contributed by atoms with E-state index < -0.39 is 0 Å². The van der Waals surface area contributed by atoms with E-state index in [1.165, 1.54) is 0 Å². The molecule has 3 rings (SSSR count). The van der Waals surface area contributed by atoms with Crippen LogP contribution in [0.15, 0.2) is 30.5 Å². The van der Waals surface area contributed by atoms with Crippen LogP contribution in [0.5, 0.6) is 0 Å².